The summed E-state index contributed by atoms with van der Waals surface area (Å²) in [5.41, 5.74) is 5.78. The normalized spacial score (nSPS) is 22.8. The van der Waals surface area contributed by atoms with Gasteiger partial charge < -0.3 is 5.73 Å². The summed E-state index contributed by atoms with van der Waals surface area (Å²) in [5, 5.41) is 0. The molecule has 1 aliphatic heterocycles. The van der Waals surface area contributed by atoms with Gasteiger partial charge in [0.25, 0.3) is 0 Å². The van der Waals surface area contributed by atoms with Gasteiger partial charge in [-0.05, 0) is 31.2 Å². The lowest BCUT2D eigenvalue weighted by molar-refractivity contribution is 0.398. The number of hydrogen-bond acceptors (Lipinski definition) is 1. The highest BCUT2D eigenvalue weighted by Gasteiger charge is 2.13. The van der Waals surface area contributed by atoms with E-state index in [9.17, 15) is 0 Å². The minimum absolute atomic E-state index is 0.794. The summed E-state index contributed by atoms with van der Waals surface area (Å²) in [6.07, 6.45) is 13.9. The van der Waals surface area contributed by atoms with Crippen molar-refractivity contribution in [3.63, 3.8) is 0 Å². The molecule has 0 aromatic rings. The van der Waals surface area contributed by atoms with Crippen LogP contribution >= 0.6 is 0 Å². The molecule has 1 heterocycles. The van der Waals surface area contributed by atoms with E-state index in [0.29, 0.717) is 0 Å². The molecular formula is C14H29BN. The van der Waals surface area contributed by atoms with Gasteiger partial charge in [0.15, 0.2) is 0 Å². The molecule has 16 heavy (non-hydrogen) atoms. The fourth-order valence-electron chi connectivity index (χ4n) is 2.94. The molecule has 0 amide bonds. The summed E-state index contributed by atoms with van der Waals surface area (Å²) in [5.74, 6) is 1.80. The highest BCUT2D eigenvalue weighted by Crippen LogP contribution is 2.26. The summed E-state index contributed by atoms with van der Waals surface area (Å²) in [4.78, 5) is 0. The van der Waals surface area contributed by atoms with Crippen LogP contribution in [0.5, 0.6) is 0 Å². The third-order valence-corrected chi connectivity index (χ3v) is 4.03. The molecule has 1 fully saturated rings. The maximum Gasteiger partial charge on any atom is 0.109 e. The Balaban J connectivity index is 1.97. The van der Waals surface area contributed by atoms with Crippen LogP contribution < -0.4 is 5.73 Å². The van der Waals surface area contributed by atoms with Crippen molar-refractivity contribution >= 4 is 7.28 Å². The zero-order valence-electron chi connectivity index (χ0n) is 11.1. The van der Waals surface area contributed by atoms with E-state index in [1.165, 1.54) is 64.0 Å². The lowest BCUT2D eigenvalue weighted by Crippen LogP contribution is -2.14. The lowest BCUT2D eigenvalue weighted by Gasteiger charge is -2.21. The minimum atomic E-state index is 0.794. The lowest BCUT2D eigenvalue weighted by atomic mass is 9.59. The van der Waals surface area contributed by atoms with E-state index in [1.807, 2.05) is 0 Å². The fourth-order valence-corrected chi connectivity index (χ4v) is 2.94. The van der Waals surface area contributed by atoms with Crippen molar-refractivity contribution in [3.8, 4) is 0 Å². The van der Waals surface area contributed by atoms with Gasteiger partial charge in [0.1, 0.15) is 7.28 Å². The van der Waals surface area contributed by atoms with Gasteiger partial charge in [-0.15, -0.1) is 0 Å². The van der Waals surface area contributed by atoms with E-state index in [4.69, 9.17) is 5.73 Å². The zero-order valence-corrected chi connectivity index (χ0v) is 11.1. The Morgan fingerprint density at radius 2 is 2.19 bits per heavy atom. The van der Waals surface area contributed by atoms with Crippen LogP contribution in [0, 0.1) is 11.8 Å². The largest absolute Gasteiger partial charge is 0.330 e. The van der Waals surface area contributed by atoms with Crippen LogP contribution in [0.2, 0.25) is 12.6 Å². The quantitative estimate of drug-likeness (QED) is 0.489. The molecule has 2 atom stereocenters. The van der Waals surface area contributed by atoms with Crippen molar-refractivity contribution in [3.05, 3.63) is 0 Å². The van der Waals surface area contributed by atoms with Crippen LogP contribution in [0.3, 0.4) is 0 Å². The second-order valence-corrected chi connectivity index (χ2v) is 5.50. The molecule has 1 aliphatic rings. The molecule has 1 radical (unpaired) electrons. The van der Waals surface area contributed by atoms with E-state index in [2.05, 4.69) is 14.2 Å². The van der Waals surface area contributed by atoms with Crippen molar-refractivity contribution in [2.75, 3.05) is 6.54 Å². The average Bonchev–Trinajstić information content (AvgIpc) is 2.34. The van der Waals surface area contributed by atoms with Gasteiger partial charge in [0.2, 0.25) is 0 Å². The Labute approximate surface area is 103 Å². The fraction of sp³-hybridized carbons (Fsp3) is 1.00. The highest BCUT2D eigenvalue weighted by molar-refractivity contribution is 6.35. The molecule has 1 rings (SSSR count). The number of unbranched alkanes of at least 4 members (excludes halogenated alkanes) is 1. The molecular weight excluding hydrogens is 193 g/mol. The van der Waals surface area contributed by atoms with E-state index < -0.39 is 0 Å². The van der Waals surface area contributed by atoms with Crippen molar-refractivity contribution in [2.45, 2.75) is 70.9 Å². The first-order valence-electron chi connectivity index (χ1n) is 7.38. The van der Waals surface area contributed by atoms with Crippen LogP contribution in [0.1, 0.15) is 58.3 Å². The molecule has 0 aliphatic carbocycles. The summed E-state index contributed by atoms with van der Waals surface area (Å²) in [6, 6.07) is 0. The van der Waals surface area contributed by atoms with Crippen LogP contribution in [0.4, 0.5) is 0 Å². The van der Waals surface area contributed by atoms with Crippen LogP contribution in [0.25, 0.3) is 0 Å². The van der Waals surface area contributed by atoms with Gasteiger partial charge in [0.05, 0.1) is 0 Å². The molecule has 0 saturated carbocycles. The number of nitrogens with two attached hydrogens (primary N) is 1. The molecule has 2 unspecified atom stereocenters. The van der Waals surface area contributed by atoms with Gasteiger partial charge in [-0.25, -0.2) is 0 Å². The topological polar surface area (TPSA) is 26.0 Å². The molecule has 0 aromatic heterocycles. The van der Waals surface area contributed by atoms with Crippen LogP contribution in [-0.4, -0.2) is 13.8 Å². The van der Waals surface area contributed by atoms with Crippen LogP contribution in [-0.2, 0) is 0 Å². The Kier molecular flexibility index (Phi) is 8.01. The van der Waals surface area contributed by atoms with E-state index in [0.717, 1.165) is 18.4 Å². The predicted octanol–water partition coefficient (Wildman–Crippen LogP) is 3.87. The predicted molar refractivity (Wildman–Crippen MR) is 74.0 cm³/mol. The minimum Gasteiger partial charge on any atom is -0.330 e. The average molecular weight is 222 g/mol. The third kappa shape index (κ3) is 5.93. The highest BCUT2D eigenvalue weighted by atomic mass is 14.5. The van der Waals surface area contributed by atoms with Crippen molar-refractivity contribution < 1.29 is 0 Å². The summed E-state index contributed by atoms with van der Waals surface area (Å²) >= 11 is 0. The van der Waals surface area contributed by atoms with E-state index >= 15 is 0 Å². The Bertz CT molecular complexity index is 148. The Morgan fingerprint density at radius 1 is 1.31 bits per heavy atom. The van der Waals surface area contributed by atoms with Gasteiger partial charge in [-0.2, -0.15) is 0 Å². The van der Waals surface area contributed by atoms with Gasteiger partial charge in [-0.3, -0.25) is 0 Å². The maximum atomic E-state index is 5.78. The summed E-state index contributed by atoms with van der Waals surface area (Å²) in [6.45, 7) is 3.16. The molecule has 1 saturated heterocycles. The maximum absolute atomic E-state index is 5.78. The Hall–Kier alpha value is 0.0249. The number of rotatable bonds is 8. The van der Waals surface area contributed by atoms with E-state index in [-0.39, 0.29) is 0 Å². The number of hydrogen-bond donors (Lipinski definition) is 1. The molecule has 0 spiro atoms. The van der Waals surface area contributed by atoms with Crippen molar-refractivity contribution in [1.82, 2.24) is 0 Å². The van der Waals surface area contributed by atoms with Gasteiger partial charge >= 0.3 is 0 Å². The SMILES string of the molecule is CCCC(CN)CCCCC1C[B]CCC1. The second-order valence-electron chi connectivity index (χ2n) is 5.50. The van der Waals surface area contributed by atoms with Crippen molar-refractivity contribution in [1.29, 1.82) is 0 Å². The molecule has 0 aromatic carbocycles. The first-order valence-corrected chi connectivity index (χ1v) is 7.38. The monoisotopic (exact) mass is 222 g/mol. The molecule has 2 heteroatoms. The zero-order chi connectivity index (χ0) is 11.6. The van der Waals surface area contributed by atoms with E-state index in [1.54, 1.807) is 0 Å². The third-order valence-electron chi connectivity index (χ3n) is 4.03. The first-order chi connectivity index (χ1) is 7.86. The molecule has 93 valence electrons. The molecule has 2 N–H and O–H groups in total. The summed E-state index contributed by atoms with van der Waals surface area (Å²) < 4.78 is 0. The summed E-state index contributed by atoms with van der Waals surface area (Å²) in [7, 11) is 2.49. The molecule has 0 bridgehead atoms. The second kappa shape index (κ2) is 9.10. The standard InChI is InChI=1S/C14H29BN/c1-2-6-14(12-16)8-4-3-7-13-9-5-10-15-11-13/h13-14H,2-12,16H2,1H3. The molecule has 1 nitrogen and oxygen atoms in total. The van der Waals surface area contributed by atoms with Gasteiger partial charge in [-0.1, -0.05) is 58.1 Å². The smallest absolute Gasteiger partial charge is 0.109 e. The Morgan fingerprint density at radius 3 is 2.81 bits per heavy atom. The van der Waals surface area contributed by atoms with Crippen molar-refractivity contribution in [2.24, 2.45) is 17.6 Å². The van der Waals surface area contributed by atoms with Crippen LogP contribution in [0.15, 0.2) is 0 Å². The van der Waals surface area contributed by atoms with Gasteiger partial charge in [0, 0.05) is 0 Å². The first kappa shape index (κ1) is 14.1.